The van der Waals surface area contributed by atoms with Gasteiger partial charge in [0.25, 0.3) is 5.91 Å². The molecule has 0 aromatic heterocycles. The molecule has 0 heterocycles. The number of halogens is 1. The van der Waals surface area contributed by atoms with E-state index in [1.54, 1.807) is 43.5 Å². The van der Waals surface area contributed by atoms with Crippen molar-refractivity contribution in [3.63, 3.8) is 0 Å². The van der Waals surface area contributed by atoms with Crippen LogP contribution in [0.15, 0.2) is 36.4 Å². The molecule has 0 atom stereocenters. The Kier molecular flexibility index (Phi) is 7.39. The van der Waals surface area contributed by atoms with Crippen LogP contribution in [0.5, 0.6) is 17.2 Å². The van der Waals surface area contributed by atoms with E-state index in [9.17, 15) is 4.79 Å². The van der Waals surface area contributed by atoms with Crippen LogP contribution in [0, 0.1) is 0 Å². The lowest BCUT2D eigenvalue weighted by atomic mass is 10.1. The second-order valence-electron chi connectivity index (χ2n) is 5.44. The van der Waals surface area contributed by atoms with Gasteiger partial charge in [-0.3, -0.25) is 4.79 Å². The maximum atomic E-state index is 12.5. The number of benzene rings is 2. The number of rotatable bonds is 6. The van der Waals surface area contributed by atoms with Crippen LogP contribution in [0.2, 0.25) is 0 Å². The van der Waals surface area contributed by atoms with Crippen LogP contribution < -0.4 is 25.3 Å². The zero-order valence-electron chi connectivity index (χ0n) is 14.7. The van der Waals surface area contributed by atoms with Crippen LogP contribution in [-0.4, -0.2) is 26.2 Å². The number of nitrogens with one attached hydrogen (secondary N) is 1. The number of amides is 1. The molecule has 0 fully saturated rings. The van der Waals surface area contributed by atoms with Crippen LogP contribution in [0.1, 0.15) is 24.2 Å². The Morgan fingerprint density at radius 3 is 2.36 bits per heavy atom. The number of carbonyl (C=O) groups excluding carboxylic acids is 1. The van der Waals surface area contributed by atoms with E-state index in [0.29, 0.717) is 34.2 Å². The number of methoxy groups -OCH3 is 2. The van der Waals surface area contributed by atoms with E-state index >= 15 is 0 Å². The van der Waals surface area contributed by atoms with E-state index in [4.69, 9.17) is 19.9 Å². The number of ether oxygens (including phenoxy) is 3. The Balaban J connectivity index is 0.00000312. The minimum atomic E-state index is -0.302. The lowest BCUT2D eigenvalue weighted by molar-refractivity contribution is 0.102. The van der Waals surface area contributed by atoms with Crippen molar-refractivity contribution >= 4 is 29.7 Å². The first-order chi connectivity index (χ1) is 11.4. The number of nitrogen functional groups attached to an aromatic ring is 1. The quantitative estimate of drug-likeness (QED) is 0.761. The Morgan fingerprint density at radius 1 is 1.04 bits per heavy atom. The minimum Gasteiger partial charge on any atom is -0.497 e. The molecule has 0 aliphatic heterocycles. The van der Waals surface area contributed by atoms with Gasteiger partial charge in [-0.05, 0) is 44.2 Å². The Hall–Kier alpha value is -2.60. The second-order valence-corrected chi connectivity index (χ2v) is 5.44. The Labute approximate surface area is 153 Å². The van der Waals surface area contributed by atoms with Gasteiger partial charge < -0.3 is 25.3 Å². The number of hydrogen-bond acceptors (Lipinski definition) is 5. The molecule has 0 unspecified atom stereocenters. The predicted octanol–water partition coefficient (Wildman–Crippen LogP) is 3.75. The van der Waals surface area contributed by atoms with Crippen molar-refractivity contribution in [3.05, 3.63) is 42.0 Å². The van der Waals surface area contributed by atoms with Crippen molar-refractivity contribution in [1.29, 1.82) is 0 Å². The van der Waals surface area contributed by atoms with Crippen LogP contribution >= 0.6 is 12.4 Å². The second kappa shape index (κ2) is 9.03. The van der Waals surface area contributed by atoms with E-state index in [1.165, 1.54) is 7.11 Å². The van der Waals surface area contributed by atoms with E-state index in [0.717, 1.165) is 0 Å². The molecule has 0 aliphatic carbocycles. The van der Waals surface area contributed by atoms with Gasteiger partial charge in [0.15, 0.2) is 11.5 Å². The highest BCUT2D eigenvalue weighted by Gasteiger charge is 2.13. The summed E-state index contributed by atoms with van der Waals surface area (Å²) < 4.78 is 16.1. The van der Waals surface area contributed by atoms with Crippen molar-refractivity contribution in [1.82, 2.24) is 0 Å². The van der Waals surface area contributed by atoms with E-state index in [2.05, 4.69) is 5.32 Å². The number of anilines is 2. The summed E-state index contributed by atoms with van der Waals surface area (Å²) in [6.07, 6.45) is 0.00941. The molecule has 0 saturated heterocycles. The third kappa shape index (κ3) is 5.19. The predicted molar refractivity (Wildman–Crippen MR) is 101 cm³/mol. The standard InChI is InChI=1S/C18H22N2O4.ClH/c1-11(2)24-16-8-5-12(9-17(16)23-4)18(21)20-15-10-13(22-3)6-7-14(15)19;/h5-11H,19H2,1-4H3,(H,20,21);1H. The monoisotopic (exact) mass is 366 g/mol. The van der Waals surface area contributed by atoms with Gasteiger partial charge >= 0.3 is 0 Å². The maximum Gasteiger partial charge on any atom is 0.255 e. The molecule has 25 heavy (non-hydrogen) atoms. The summed E-state index contributed by atoms with van der Waals surface area (Å²) in [5.41, 5.74) is 7.27. The first-order valence-corrected chi connectivity index (χ1v) is 7.54. The molecule has 3 N–H and O–H groups in total. The summed E-state index contributed by atoms with van der Waals surface area (Å²) in [7, 11) is 3.08. The first kappa shape index (κ1) is 20.4. The van der Waals surface area contributed by atoms with Crippen LogP contribution in [-0.2, 0) is 0 Å². The molecular weight excluding hydrogens is 344 g/mol. The smallest absolute Gasteiger partial charge is 0.255 e. The average molecular weight is 367 g/mol. The van der Waals surface area contributed by atoms with Gasteiger partial charge in [-0.2, -0.15) is 0 Å². The van der Waals surface area contributed by atoms with Crippen molar-refractivity contribution in [2.24, 2.45) is 0 Å². The highest BCUT2D eigenvalue weighted by Crippen LogP contribution is 2.30. The summed E-state index contributed by atoms with van der Waals surface area (Å²) in [4.78, 5) is 12.5. The molecule has 7 heteroatoms. The van der Waals surface area contributed by atoms with Gasteiger partial charge in [0.05, 0.1) is 31.7 Å². The topological polar surface area (TPSA) is 82.8 Å². The molecule has 0 saturated carbocycles. The fourth-order valence-corrected chi connectivity index (χ4v) is 2.13. The Morgan fingerprint density at radius 2 is 1.76 bits per heavy atom. The summed E-state index contributed by atoms with van der Waals surface area (Å²) in [6, 6.07) is 10.1. The van der Waals surface area contributed by atoms with Crippen LogP contribution in [0.25, 0.3) is 0 Å². The van der Waals surface area contributed by atoms with Gasteiger partial charge in [0.2, 0.25) is 0 Å². The van der Waals surface area contributed by atoms with Crippen LogP contribution in [0.4, 0.5) is 11.4 Å². The van der Waals surface area contributed by atoms with Crippen LogP contribution in [0.3, 0.4) is 0 Å². The molecule has 2 aromatic rings. The molecule has 0 bridgehead atoms. The van der Waals surface area contributed by atoms with Gasteiger partial charge in [0.1, 0.15) is 5.75 Å². The molecule has 2 rings (SSSR count). The Bertz CT molecular complexity index is 735. The average Bonchev–Trinajstić information content (AvgIpc) is 2.56. The minimum absolute atomic E-state index is 0. The third-order valence-electron chi connectivity index (χ3n) is 3.30. The summed E-state index contributed by atoms with van der Waals surface area (Å²) >= 11 is 0. The molecule has 0 aliphatic rings. The molecule has 0 spiro atoms. The van der Waals surface area contributed by atoms with Crippen molar-refractivity contribution in [2.75, 3.05) is 25.3 Å². The van der Waals surface area contributed by atoms with Crippen molar-refractivity contribution < 1.29 is 19.0 Å². The van der Waals surface area contributed by atoms with Gasteiger partial charge in [-0.1, -0.05) is 0 Å². The van der Waals surface area contributed by atoms with E-state index in [1.807, 2.05) is 13.8 Å². The number of nitrogens with two attached hydrogens (primary N) is 1. The molecule has 6 nitrogen and oxygen atoms in total. The lowest BCUT2D eigenvalue weighted by Crippen LogP contribution is -2.14. The number of carbonyl (C=O) groups is 1. The number of hydrogen-bond donors (Lipinski definition) is 2. The third-order valence-corrected chi connectivity index (χ3v) is 3.30. The normalized spacial score (nSPS) is 9.96. The zero-order valence-corrected chi connectivity index (χ0v) is 15.5. The largest absolute Gasteiger partial charge is 0.497 e. The fourth-order valence-electron chi connectivity index (χ4n) is 2.13. The fraction of sp³-hybridized carbons (Fsp3) is 0.278. The van der Waals surface area contributed by atoms with E-state index in [-0.39, 0.29) is 24.4 Å². The highest BCUT2D eigenvalue weighted by molar-refractivity contribution is 6.06. The molecule has 2 aromatic carbocycles. The molecule has 1 amide bonds. The molecule has 136 valence electrons. The van der Waals surface area contributed by atoms with Gasteiger partial charge in [-0.15, -0.1) is 12.4 Å². The van der Waals surface area contributed by atoms with Crippen molar-refractivity contribution in [2.45, 2.75) is 20.0 Å². The highest BCUT2D eigenvalue weighted by atomic mass is 35.5. The first-order valence-electron chi connectivity index (χ1n) is 7.54. The lowest BCUT2D eigenvalue weighted by Gasteiger charge is -2.15. The molecular formula is C18H23ClN2O4. The SMILES string of the molecule is COc1ccc(N)c(NC(=O)c2ccc(OC(C)C)c(OC)c2)c1.Cl. The van der Waals surface area contributed by atoms with Gasteiger partial charge in [-0.25, -0.2) is 0 Å². The maximum absolute atomic E-state index is 12.5. The van der Waals surface area contributed by atoms with E-state index < -0.39 is 0 Å². The molecule has 0 radical (unpaired) electrons. The summed E-state index contributed by atoms with van der Waals surface area (Å²) in [5.74, 6) is 1.39. The van der Waals surface area contributed by atoms with Gasteiger partial charge in [0, 0.05) is 11.6 Å². The summed E-state index contributed by atoms with van der Waals surface area (Å²) in [6.45, 7) is 3.84. The summed E-state index contributed by atoms with van der Waals surface area (Å²) in [5, 5.41) is 2.77. The van der Waals surface area contributed by atoms with Crippen molar-refractivity contribution in [3.8, 4) is 17.2 Å². The zero-order chi connectivity index (χ0) is 17.7.